The molecule has 0 aromatic carbocycles. The zero-order chi connectivity index (χ0) is 14.0. The van der Waals surface area contributed by atoms with E-state index in [1.54, 1.807) is 0 Å². The normalized spacial score (nSPS) is 17.3. The smallest absolute Gasteiger partial charge is 0.304 e. The first-order valence-corrected chi connectivity index (χ1v) is 7.76. The van der Waals surface area contributed by atoms with E-state index in [9.17, 15) is 18.5 Å². The molecular weight excluding hydrogens is 294 g/mol. The molecule has 0 spiro atoms. The molecule has 1 aromatic heterocycles. The lowest BCUT2D eigenvalue weighted by molar-refractivity contribution is -0.383. The molecule has 1 saturated heterocycles. The van der Waals surface area contributed by atoms with Crippen molar-refractivity contribution in [3.63, 3.8) is 0 Å². The largest absolute Gasteiger partial charge is 0.379 e. The minimum absolute atomic E-state index is 0.0227. The van der Waals surface area contributed by atoms with E-state index in [2.05, 4.69) is 5.32 Å². The third kappa shape index (κ3) is 2.71. The van der Waals surface area contributed by atoms with Crippen molar-refractivity contribution >= 4 is 32.0 Å². The van der Waals surface area contributed by atoms with Crippen molar-refractivity contribution in [1.29, 1.82) is 0 Å². The second kappa shape index (κ2) is 5.41. The highest BCUT2D eigenvalue weighted by atomic mass is 32.2. The minimum Gasteiger partial charge on any atom is -0.379 e. The Morgan fingerprint density at radius 2 is 2.11 bits per heavy atom. The molecule has 1 aliphatic rings. The predicted octanol–water partition coefficient (Wildman–Crippen LogP) is 0.719. The fraction of sp³-hybridized carbons (Fsp3) is 0.556. The van der Waals surface area contributed by atoms with E-state index < -0.39 is 14.9 Å². The molecule has 10 heteroatoms. The fourth-order valence-corrected chi connectivity index (χ4v) is 4.56. The van der Waals surface area contributed by atoms with E-state index >= 15 is 0 Å². The van der Waals surface area contributed by atoms with E-state index in [0.717, 1.165) is 17.4 Å². The quantitative estimate of drug-likeness (QED) is 0.649. The Bertz CT molecular complexity index is 577. The van der Waals surface area contributed by atoms with Gasteiger partial charge in [0.05, 0.1) is 18.1 Å². The summed E-state index contributed by atoms with van der Waals surface area (Å²) in [5, 5.41) is 13.7. The van der Waals surface area contributed by atoms with E-state index in [4.69, 9.17) is 4.74 Å². The molecule has 1 fully saturated rings. The van der Waals surface area contributed by atoms with Crippen LogP contribution in [-0.2, 0) is 14.8 Å². The maximum absolute atomic E-state index is 12.3. The molecule has 1 N–H and O–H groups in total. The Kier molecular flexibility index (Phi) is 4.04. The highest BCUT2D eigenvalue weighted by Gasteiger charge is 2.31. The molecule has 1 aliphatic heterocycles. The first-order chi connectivity index (χ1) is 8.96. The van der Waals surface area contributed by atoms with Gasteiger partial charge in [0.1, 0.15) is 4.21 Å². The Hall–Kier alpha value is -1.23. The first-order valence-electron chi connectivity index (χ1n) is 5.50. The Labute approximate surface area is 114 Å². The van der Waals surface area contributed by atoms with Crippen LogP contribution in [0.4, 0.5) is 10.7 Å². The van der Waals surface area contributed by atoms with Gasteiger partial charge in [0.25, 0.3) is 10.0 Å². The van der Waals surface area contributed by atoms with Crippen molar-refractivity contribution in [1.82, 2.24) is 4.31 Å². The van der Waals surface area contributed by atoms with Crippen LogP contribution in [0.15, 0.2) is 10.3 Å². The number of ether oxygens (including phenoxy) is 1. The molecule has 0 unspecified atom stereocenters. The molecule has 2 heterocycles. The lowest BCUT2D eigenvalue weighted by Gasteiger charge is -2.25. The molecular formula is C9H13N3O5S2. The number of morpholine rings is 1. The third-order valence-electron chi connectivity index (χ3n) is 2.68. The summed E-state index contributed by atoms with van der Waals surface area (Å²) in [6.45, 7) is 1.21. The van der Waals surface area contributed by atoms with Crippen LogP contribution >= 0.6 is 11.3 Å². The first kappa shape index (κ1) is 14.2. The molecule has 0 bridgehead atoms. The minimum atomic E-state index is -3.68. The number of hydrogen-bond donors (Lipinski definition) is 1. The van der Waals surface area contributed by atoms with Gasteiger partial charge in [-0.2, -0.15) is 4.31 Å². The van der Waals surface area contributed by atoms with Crippen molar-refractivity contribution in [3.8, 4) is 0 Å². The highest BCUT2D eigenvalue weighted by molar-refractivity contribution is 7.91. The fourth-order valence-electron chi connectivity index (χ4n) is 1.72. The van der Waals surface area contributed by atoms with E-state index in [-0.39, 0.29) is 28.0 Å². The SMILES string of the molecule is CNc1sc(S(=O)(=O)N2CCOCC2)cc1[N+](=O)[O-]. The molecule has 1 aromatic rings. The third-order valence-corrected chi connectivity index (χ3v) is 6.17. The van der Waals surface area contributed by atoms with Gasteiger partial charge in [-0.25, -0.2) is 8.42 Å². The van der Waals surface area contributed by atoms with Crippen LogP contribution in [0.3, 0.4) is 0 Å². The van der Waals surface area contributed by atoms with E-state index in [0.29, 0.717) is 13.2 Å². The van der Waals surface area contributed by atoms with Crippen LogP contribution in [0.1, 0.15) is 0 Å². The highest BCUT2D eigenvalue weighted by Crippen LogP contribution is 2.37. The number of nitrogens with one attached hydrogen (secondary N) is 1. The van der Waals surface area contributed by atoms with Crippen LogP contribution < -0.4 is 5.32 Å². The van der Waals surface area contributed by atoms with Crippen LogP contribution in [-0.4, -0.2) is 51.0 Å². The van der Waals surface area contributed by atoms with E-state index in [1.165, 1.54) is 11.4 Å². The summed E-state index contributed by atoms with van der Waals surface area (Å²) in [4.78, 5) is 10.2. The number of thiophene rings is 1. The van der Waals surface area contributed by atoms with E-state index in [1.807, 2.05) is 0 Å². The van der Waals surface area contributed by atoms with Crippen LogP contribution in [0.25, 0.3) is 0 Å². The van der Waals surface area contributed by atoms with Gasteiger partial charge < -0.3 is 10.1 Å². The number of rotatable bonds is 4. The zero-order valence-electron chi connectivity index (χ0n) is 10.2. The van der Waals surface area contributed by atoms with Gasteiger partial charge in [0, 0.05) is 26.2 Å². The topological polar surface area (TPSA) is 102 Å². The summed E-state index contributed by atoms with van der Waals surface area (Å²) < 4.78 is 31.0. The molecule has 0 amide bonds. The monoisotopic (exact) mass is 307 g/mol. The second-order valence-electron chi connectivity index (χ2n) is 3.80. The summed E-state index contributed by atoms with van der Waals surface area (Å²) in [5.41, 5.74) is -0.223. The number of anilines is 1. The van der Waals surface area contributed by atoms with Crippen LogP contribution in [0, 0.1) is 10.1 Å². The molecule has 106 valence electrons. The number of hydrogen-bond acceptors (Lipinski definition) is 7. The molecule has 0 radical (unpaired) electrons. The summed E-state index contributed by atoms with van der Waals surface area (Å²) in [6.07, 6.45) is 0. The van der Waals surface area contributed by atoms with Crippen molar-refractivity contribution in [2.24, 2.45) is 0 Å². The number of sulfonamides is 1. The van der Waals surface area contributed by atoms with Crippen molar-refractivity contribution in [2.45, 2.75) is 4.21 Å². The molecule has 0 aliphatic carbocycles. The van der Waals surface area contributed by atoms with Gasteiger partial charge >= 0.3 is 5.69 Å². The second-order valence-corrected chi connectivity index (χ2v) is 7.02. The van der Waals surface area contributed by atoms with Gasteiger partial charge in [-0.3, -0.25) is 10.1 Å². The van der Waals surface area contributed by atoms with Crippen LogP contribution in [0.5, 0.6) is 0 Å². The zero-order valence-corrected chi connectivity index (χ0v) is 11.8. The average molecular weight is 307 g/mol. The summed E-state index contributed by atoms with van der Waals surface area (Å²) in [7, 11) is -2.16. The number of nitro groups is 1. The van der Waals surface area contributed by atoms with Crippen LogP contribution in [0.2, 0.25) is 0 Å². The number of nitrogens with zero attached hydrogens (tertiary/aromatic N) is 2. The maximum Gasteiger partial charge on any atom is 0.304 e. The maximum atomic E-state index is 12.3. The molecule has 2 rings (SSSR count). The molecule has 0 atom stereocenters. The van der Waals surface area contributed by atoms with Crippen molar-refractivity contribution in [2.75, 3.05) is 38.7 Å². The average Bonchev–Trinajstić information content (AvgIpc) is 2.84. The van der Waals surface area contributed by atoms with Gasteiger partial charge in [0.15, 0.2) is 5.00 Å². The van der Waals surface area contributed by atoms with Crippen molar-refractivity contribution < 1.29 is 18.1 Å². The summed E-state index contributed by atoms with van der Waals surface area (Å²) in [6, 6.07) is 1.10. The molecule has 8 nitrogen and oxygen atoms in total. The molecule has 0 saturated carbocycles. The van der Waals surface area contributed by atoms with Gasteiger partial charge in [0.2, 0.25) is 0 Å². The summed E-state index contributed by atoms with van der Waals surface area (Å²) >= 11 is 0.865. The lowest BCUT2D eigenvalue weighted by atomic mass is 10.5. The molecule has 19 heavy (non-hydrogen) atoms. The van der Waals surface area contributed by atoms with Gasteiger partial charge in [-0.05, 0) is 0 Å². The van der Waals surface area contributed by atoms with Gasteiger partial charge in [-0.1, -0.05) is 11.3 Å². The Balaban J connectivity index is 2.37. The Morgan fingerprint density at radius 1 is 1.47 bits per heavy atom. The predicted molar refractivity (Wildman–Crippen MR) is 70.1 cm³/mol. The van der Waals surface area contributed by atoms with Crippen molar-refractivity contribution in [3.05, 3.63) is 16.2 Å². The Morgan fingerprint density at radius 3 is 2.58 bits per heavy atom. The summed E-state index contributed by atoms with van der Waals surface area (Å²) in [5.74, 6) is 0. The lowest BCUT2D eigenvalue weighted by Crippen LogP contribution is -2.40. The standard InChI is InChI=1S/C9H13N3O5S2/c1-10-9-7(12(13)14)6-8(18-9)19(15,16)11-2-4-17-5-3-11/h6,10H,2-5H2,1H3. The van der Waals surface area contributed by atoms with Gasteiger partial charge in [-0.15, -0.1) is 0 Å².